The predicted molar refractivity (Wildman–Crippen MR) is 137 cm³/mol. The minimum absolute atomic E-state index is 0.00650. The van der Waals surface area contributed by atoms with Gasteiger partial charge in [-0.15, -0.1) is 0 Å². The first-order chi connectivity index (χ1) is 18.9. The van der Waals surface area contributed by atoms with Crippen molar-refractivity contribution in [3.8, 4) is 0 Å². The van der Waals surface area contributed by atoms with Crippen molar-refractivity contribution in [2.45, 2.75) is 64.0 Å². The molecule has 12 heteroatoms. The Labute approximate surface area is 230 Å². The summed E-state index contributed by atoms with van der Waals surface area (Å²) in [6.45, 7) is 3.86. The van der Waals surface area contributed by atoms with Crippen LogP contribution in [0.2, 0.25) is 0 Å². The third-order valence-corrected chi connectivity index (χ3v) is 8.82. The van der Waals surface area contributed by atoms with Gasteiger partial charge < -0.3 is 19.9 Å². The second kappa shape index (κ2) is 9.72. The van der Waals surface area contributed by atoms with Gasteiger partial charge in [-0.05, 0) is 33.7 Å². The van der Waals surface area contributed by atoms with E-state index in [9.17, 15) is 33.9 Å². The van der Waals surface area contributed by atoms with E-state index in [-0.39, 0.29) is 64.6 Å². The number of ketones is 5. The maximum Gasteiger partial charge on any atom is 0.287 e. The number of allylic oxidation sites excluding steroid dienone is 4. The number of aliphatic hydroxyl groups excluding tert-OH is 1. The van der Waals surface area contributed by atoms with Gasteiger partial charge >= 0.3 is 0 Å². The molecule has 3 heterocycles. The first-order valence-corrected chi connectivity index (χ1v) is 13.0. The van der Waals surface area contributed by atoms with Crippen molar-refractivity contribution in [3.05, 3.63) is 45.0 Å². The zero-order chi connectivity index (χ0) is 29.4. The summed E-state index contributed by atoms with van der Waals surface area (Å²) in [5.41, 5.74) is 1.12. The maximum atomic E-state index is 13.7. The van der Waals surface area contributed by atoms with Crippen molar-refractivity contribution in [1.29, 1.82) is 0 Å². The Morgan fingerprint density at radius 2 is 1.38 bits per heavy atom. The van der Waals surface area contributed by atoms with Crippen LogP contribution in [0.4, 0.5) is 0 Å². The Hall–Kier alpha value is -3.74. The van der Waals surface area contributed by atoms with Crippen molar-refractivity contribution in [1.82, 2.24) is 15.1 Å². The molecule has 1 saturated heterocycles. The number of carbonyl (C=O) groups is 6. The average Bonchev–Trinajstić information content (AvgIpc) is 2.91. The summed E-state index contributed by atoms with van der Waals surface area (Å²) in [4.78, 5) is 81.7. The first kappa shape index (κ1) is 27.8. The molecular weight excluding hydrogens is 522 g/mol. The van der Waals surface area contributed by atoms with E-state index in [1.54, 1.807) is 11.9 Å². The van der Waals surface area contributed by atoms with Crippen LogP contribution in [0.3, 0.4) is 0 Å². The third kappa shape index (κ3) is 3.70. The van der Waals surface area contributed by atoms with Gasteiger partial charge in [-0.3, -0.25) is 38.6 Å². The number of nitrogens with zero attached hydrogens (tertiary/aromatic N) is 2. The zero-order valence-corrected chi connectivity index (χ0v) is 23.1. The van der Waals surface area contributed by atoms with Crippen molar-refractivity contribution in [2.24, 2.45) is 0 Å². The lowest BCUT2D eigenvalue weighted by molar-refractivity contribution is -0.161. The lowest BCUT2D eigenvalue weighted by Crippen LogP contribution is -2.74. The number of piperazine rings is 1. The van der Waals surface area contributed by atoms with Crippen LogP contribution in [0.1, 0.15) is 33.6 Å². The van der Waals surface area contributed by atoms with Gasteiger partial charge in [0.25, 0.3) is 5.91 Å². The number of fused-ring (bicyclic) bond motifs is 5. The number of amides is 1. The first-order valence-electron chi connectivity index (χ1n) is 13.0. The molecule has 0 saturated carbocycles. The van der Waals surface area contributed by atoms with E-state index in [0.29, 0.717) is 5.57 Å². The molecule has 5 aliphatic rings. The predicted octanol–water partition coefficient (Wildman–Crippen LogP) is -0.723. The van der Waals surface area contributed by atoms with Crippen molar-refractivity contribution in [2.75, 3.05) is 27.8 Å². The highest BCUT2D eigenvalue weighted by Gasteiger charge is 2.59. The molecule has 2 aliphatic carbocycles. The Balaban J connectivity index is 1.68. The van der Waals surface area contributed by atoms with E-state index >= 15 is 0 Å². The summed E-state index contributed by atoms with van der Waals surface area (Å²) in [7, 11) is 4.35. The van der Waals surface area contributed by atoms with E-state index in [0.717, 1.165) is 6.92 Å². The third-order valence-electron chi connectivity index (χ3n) is 8.82. The van der Waals surface area contributed by atoms with Crippen LogP contribution in [-0.4, -0.2) is 108 Å². The second-order valence-electron chi connectivity index (χ2n) is 10.7. The number of hydrogen-bond donors (Lipinski definition) is 2. The number of ether oxygens (including phenoxy) is 2. The van der Waals surface area contributed by atoms with Gasteiger partial charge in [-0.2, -0.15) is 0 Å². The summed E-state index contributed by atoms with van der Waals surface area (Å²) < 4.78 is 10.6. The highest BCUT2D eigenvalue weighted by molar-refractivity contribution is 6.35. The molecular formula is C28H31N3O9. The number of likely N-dealkylation sites (N-methyl/N-ethyl adjacent to an activating group) is 1. The van der Waals surface area contributed by atoms with Crippen molar-refractivity contribution >= 4 is 34.8 Å². The van der Waals surface area contributed by atoms with Crippen LogP contribution in [0.5, 0.6) is 0 Å². The number of methoxy groups -OCH3 is 2. The molecule has 1 amide bonds. The fourth-order valence-corrected chi connectivity index (χ4v) is 6.94. The van der Waals surface area contributed by atoms with Gasteiger partial charge in [-0.25, -0.2) is 0 Å². The molecule has 212 valence electrons. The van der Waals surface area contributed by atoms with E-state index in [1.165, 1.54) is 28.1 Å². The van der Waals surface area contributed by atoms with Gasteiger partial charge in [-0.1, -0.05) is 0 Å². The molecule has 2 bridgehead atoms. The van der Waals surface area contributed by atoms with Gasteiger partial charge in [0.15, 0.2) is 23.1 Å². The second-order valence-corrected chi connectivity index (χ2v) is 10.7. The Morgan fingerprint density at radius 3 is 1.90 bits per heavy atom. The summed E-state index contributed by atoms with van der Waals surface area (Å²) in [5.74, 6) is -3.54. The lowest BCUT2D eigenvalue weighted by Gasteiger charge is -2.60. The van der Waals surface area contributed by atoms with Crippen LogP contribution in [0.25, 0.3) is 0 Å². The molecule has 0 aromatic carbocycles. The maximum absolute atomic E-state index is 13.7. The Bertz CT molecular complexity index is 1430. The van der Waals surface area contributed by atoms with Crippen LogP contribution in [-0.2, 0) is 38.2 Å². The molecule has 0 unspecified atom stereocenters. The number of Topliss-reactive ketones (excluding diaryl/α,β-unsaturated/α-hetero) is 5. The number of carbonyl (C=O) groups excluding carboxylic acids is 6. The highest BCUT2D eigenvalue weighted by atomic mass is 16.5. The summed E-state index contributed by atoms with van der Waals surface area (Å²) in [6.07, 6.45) is -1.18. The molecule has 0 aromatic heterocycles. The van der Waals surface area contributed by atoms with Crippen LogP contribution < -0.4 is 5.32 Å². The van der Waals surface area contributed by atoms with Gasteiger partial charge in [0.2, 0.25) is 17.3 Å². The minimum Gasteiger partial charge on any atom is -0.492 e. The molecule has 2 N–H and O–H groups in total. The summed E-state index contributed by atoms with van der Waals surface area (Å²) in [6, 6.07) is -3.13. The van der Waals surface area contributed by atoms with Gasteiger partial charge in [0, 0.05) is 52.9 Å². The fourth-order valence-electron chi connectivity index (χ4n) is 6.94. The Morgan fingerprint density at radius 1 is 0.875 bits per heavy atom. The summed E-state index contributed by atoms with van der Waals surface area (Å²) in [5, 5.41) is 14.3. The molecule has 5 atom stereocenters. The minimum atomic E-state index is -1.24. The monoisotopic (exact) mass is 553 g/mol. The fraction of sp³-hybridized carbons (Fsp3) is 0.500. The van der Waals surface area contributed by atoms with Gasteiger partial charge in [0.1, 0.15) is 6.23 Å². The Kier molecular flexibility index (Phi) is 6.76. The summed E-state index contributed by atoms with van der Waals surface area (Å²) >= 11 is 0. The number of hydrogen-bond acceptors (Lipinski definition) is 11. The molecule has 0 spiro atoms. The number of nitrogens with one attached hydrogen (secondary N) is 1. The van der Waals surface area contributed by atoms with Crippen LogP contribution >= 0.6 is 0 Å². The smallest absolute Gasteiger partial charge is 0.287 e. The molecule has 12 nitrogen and oxygen atoms in total. The largest absolute Gasteiger partial charge is 0.492 e. The standard InChI is InChI=1S/C28H31N3O9/c1-10-21(33)13-7-15-20-19-14(22(34)11(2)26(40-6)24(19)36)8-16(30(20)4)28(38)31(15)17(9-29-27(37)12(3)32)18(13)23(35)25(10)39-5/h15-17,20,28,38H,7-9H2,1-6H3,(H,29,37)/t15-,16+,17-,20+,28-/m0/s1. The normalized spacial score (nSPS) is 30.8. The average molecular weight is 554 g/mol. The molecule has 0 aromatic rings. The zero-order valence-electron chi connectivity index (χ0n) is 23.1. The van der Waals surface area contributed by atoms with Crippen LogP contribution in [0.15, 0.2) is 45.0 Å². The molecule has 3 aliphatic heterocycles. The highest BCUT2D eigenvalue weighted by Crippen LogP contribution is 2.48. The van der Waals surface area contributed by atoms with Crippen molar-refractivity contribution < 1.29 is 43.3 Å². The lowest BCUT2D eigenvalue weighted by atomic mass is 9.68. The topological polar surface area (TPSA) is 160 Å². The van der Waals surface area contributed by atoms with E-state index in [1.807, 2.05) is 4.90 Å². The van der Waals surface area contributed by atoms with Crippen LogP contribution in [0, 0.1) is 0 Å². The molecule has 1 fully saturated rings. The van der Waals surface area contributed by atoms with Crippen molar-refractivity contribution in [3.63, 3.8) is 0 Å². The number of rotatable bonds is 5. The molecule has 0 radical (unpaired) electrons. The molecule has 40 heavy (non-hydrogen) atoms. The quantitative estimate of drug-likeness (QED) is 0.327. The van der Waals surface area contributed by atoms with E-state index < -0.39 is 59.4 Å². The van der Waals surface area contributed by atoms with E-state index in [2.05, 4.69) is 5.32 Å². The number of aliphatic hydroxyl groups is 1. The SMILES string of the molecule is COC1=C(C)C(=O)C2=C(C1=O)[C@H]1[C@@H]3CC4=C(C(=O)C(OC)=C(C)C4=O)[C@H](CNC(=O)C(C)=O)N3[C@@H](O)[C@@H](C2)N1C. The molecule has 5 rings (SSSR count). The van der Waals surface area contributed by atoms with E-state index in [4.69, 9.17) is 9.47 Å². The van der Waals surface area contributed by atoms with Gasteiger partial charge in [0.05, 0.1) is 32.3 Å².